The second kappa shape index (κ2) is 7.01. The van der Waals surface area contributed by atoms with Crippen LogP contribution in [0, 0.1) is 19.7 Å². The Morgan fingerprint density at radius 1 is 1.29 bits per heavy atom. The minimum Gasteiger partial charge on any atom is -0.451 e. The van der Waals surface area contributed by atoms with Crippen LogP contribution in [0.2, 0.25) is 0 Å². The van der Waals surface area contributed by atoms with Gasteiger partial charge in [0.05, 0.1) is 16.5 Å². The van der Waals surface area contributed by atoms with Crippen LogP contribution in [0.1, 0.15) is 45.2 Å². The molecule has 1 aromatic carbocycles. The lowest BCUT2D eigenvalue weighted by molar-refractivity contribution is -0.140. The monoisotopic (exact) mass is 414 g/mol. The van der Waals surface area contributed by atoms with E-state index in [0.29, 0.717) is 22.3 Å². The maximum atomic E-state index is 13.4. The second-order valence-electron chi connectivity index (χ2n) is 6.15. The molecule has 0 radical (unpaired) electrons. The van der Waals surface area contributed by atoms with Gasteiger partial charge in [0, 0.05) is 4.88 Å². The third-order valence-corrected chi connectivity index (χ3v) is 5.33. The second-order valence-corrected chi connectivity index (χ2v) is 7.36. The van der Waals surface area contributed by atoms with Gasteiger partial charge in [-0.2, -0.15) is 13.2 Å². The first-order chi connectivity index (χ1) is 13.0. The number of thiophene rings is 1. The molecule has 2 aromatic heterocycles. The predicted molar refractivity (Wildman–Crippen MR) is 94.9 cm³/mol. The van der Waals surface area contributed by atoms with E-state index in [-0.39, 0.29) is 5.82 Å². The van der Waals surface area contributed by atoms with Crippen LogP contribution >= 0.6 is 11.3 Å². The van der Waals surface area contributed by atoms with E-state index in [1.54, 1.807) is 6.92 Å². The third kappa shape index (κ3) is 3.64. The summed E-state index contributed by atoms with van der Waals surface area (Å²) in [4.78, 5) is 32.7. The molecule has 0 spiro atoms. The highest BCUT2D eigenvalue weighted by Gasteiger charge is 2.35. The summed E-state index contributed by atoms with van der Waals surface area (Å²) in [6.07, 6.45) is -5.98. The Morgan fingerprint density at radius 2 is 1.96 bits per heavy atom. The molecule has 2 heterocycles. The Kier molecular flexibility index (Phi) is 5.00. The van der Waals surface area contributed by atoms with Crippen molar-refractivity contribution in [2.75, 3.05) is 0 Å². The van der Waals surface area contributed by atoms with E-state index < -0.39 is 40.8 Å². The highest BCUT2D eigenvalue weighted by Crippen LogP contribution is 2.32. The van der Waals surface area contributed by atoms with E-state index in [0.717, 1.165) is 16.5 Å². The maximum Gasteiger partial charge on any atom is 0.419 e. The Balaban J connectivity index is 1.89. The largest absolute Gasteiger partial charge is 0.451 e. The van der Waals surface area contributed by atoms with Crippen molar-refractivity contribution in [2.45, 2.75) is 33.1 Å². The highest BCUT2D eigenvalue weighted by atomic mass is 32.1. The first kappa shape index (κ1) is 20.0. The fraction of sp³-hybridized carbons (Fsp3) is 0.278. The Morgan fingerprint density at radius 3 is 2.61 bits per heavy atom. The Labute approximate surface area is 160 Å². The zero-order valence-electron chi connectivity index (χ0n) is 14.9. The molecule has 148 valence electrons. The average molecular weight is 414 g/mol. The zero-order chi connectivity index (χ0) is 20.8. The van der Waals surface area contributed by atoms with E-state index in [2.05, 4.69) is 9.97 Å². The van der Waals surface area contributed by atoms with Crippen LogP contribution in [-0.4, -0.2) is 15.9 Å². The predicted octanol–water partition coefficient (Wildman–Crippen LogP) is 4.68. The van der Waals surface area contributed by atoms with Gasteiger partial charge >= 0.3 is 12.1 Å². The molecule has 1 atom stereocenters. The van der Waals surface area contributed by atoms with Gasteiger partial charge in [-0.25, -0.2) is 14.2 Å². The number of alkyl halides is 3. The average Bonchev–Trinajstić information content (AvgIpc) is 2.88. The molecule has 0 saturated heterocycles. The standard InChI is InChI=1S/C18H14F4N2O3S/c1-7-9(3)28-16-13(7)15(25)23-14(24-16)8(2)27-17(26)10-4-5-12(19)11(6-10)18(20,21)22/h4-6,8H,1-3H3,(H,23,24,25)/t8-/m1/s1. The van der Waals surface area contributed by atoms with E-state index in [9.17, 15) is 27.2 Å². The van der Waals surface area contributed by atoms with Crippen molar-refractivity contribution in [3.63, 3.8) is 0 Å². The van der Waals surface area contributed by atoms with E-state index in [1.165, 1.54) is 18.3 Å². The van der Waals surface area contributed by atoms with Crippen molar-refractivity contribution >= 4 is 27.5 Å². The number of ether oxygens (including phenoxy) is 1. The Bertz CT molecular complexity index is 1130. The number of hydrogen-bond donors (Lipinski definition) is 1. The number of nitrogens with zero attached hydrogens (tertiary/aromatic N) is 1. The first-order valence-corrected chi connectivity index (χ1v) is 8.88. The number of aryl methyl sites for hydroxylation is 2. The van der Waals surface area contributed by atoms with Gasteiger partial charge in [-0.15, -0.1) is 11.3 Å². The molecule has 10 heteroatoms. The lowest BCUT2D eigenvalue weighted by Gasteiger charge is -2.14. The van der Waals surface area contributed by atoms with Gasteiger partial charge < -0.3 is 9.72 Å². The van der Waals surface area contributed by atoms with Crippen molar-refractivity contribution in [2.24, 2.45) is 0 Å². The van der Waals surface area contributed by atoms with Crippen LogP contribution in [0.15, 0.2) is 23.0 Å². The number of aromatic amines is 1. The Hall–Kier alpha value is -2.75. The molecular formula is C18H14F4N2O3S. The molecule has 5 nitrogen and oxygen atoms in total. The van der Waals surface area contributed by atoms with Gasteiger partial charge in [-0.05, 0) is 44.5 Å². The summed E-state index contributed by atoms with van der Waals surface area (Å²) in [7, 11) is 0. The zero-order valence-corrected chi connectivity index (χ0v) is 15.7. The van der Waals surface area contributed by atoms with Crippen LogP contribution in [0.3, 0.4) is 0 Å². The van der Waals surface area contributed by atoms with Crippen molar-refractivity contribution in [3.05, 3.63) is 61.8 Å². The van der Waals surface area contributed by atoms with Gasteiger partial charge in [0.15, 0.2) is 11.9 Å². The molecule has 0 aliphatic carbocycles. The minimum absolute atomic E-state index is 0.0604. The van der Waals surface area contributed by atoms with Gasteiger partial charge in [-0.3, -0.25) is 4.79 Å². The number of esters is 1. The molecule has 0 aliphatic rings. The van der Waals surface area contributed by atoms with Crippen molar-refractivity contribution < 1.29 is 27.1 Å². The molecule has 3 aromatic rings. The van der Waals surface area contributed by atoms with Crippen molar-refractivity contribution in [3.8, 4) is 0 Å². The van der Waals surface area contributed by atoms with E-state index in [1.807, 2.05) is 6.92 Å². The number of aromatic nitrogens is 2. The quantitative estimate of drug-likeness (QED) is 0.499. The lowest BCUT2D eigenvalue weighted by atomic mass is 10.1. The summed E-state index contributed by atoms with van der Waals surface area (Å²) in [5.74, 6) is -2.53. The number of rotatable bonds is 3. The van der Waals surface area contributed by atoms with Crippen LogP contribution in [0.5, 0.6) is 0 Å². The molecule has 28 heavy (non-hydrogen) atoms. The molecule has 0 aliphatic heterocycles. The fourth-order valence-electron chi connectivity index (χ4n) is 2.62. The van der Waals surface area contributed by atoms with Crippen LogP contribution in [-0.2, 0) is 10.9 Å². The van der Waals surface area contributed by atoms with Gasteiger partial charge in [-0.1, -0.05) is 0 Å². The normalized spacial score (nSPS) is 13.0. The van der Waals surface area contributed by atoms with Gasteiger partial charge in [0.1, 0.15) is 10.6 Å². The maximum absolute atomic E-state index is 13.4. The fourth-order valence-corrected chi connectivity index (χ4v) is 3.65. The summed E-state index contributed by atoms with van der Waals surface area (Å²) >= 11 is 1.31. The molecule has 0 amide bonds. The number of nitrogens with one attached hydrogen (secondary N) is 1. The number of fused-ring (bicyclic) bond motifs is 1. The highest BCUT2D eigenvalue weighted by molar-refractivity contribution is 7.18. The molecular weight excluding hydrogens is 400 g/mol. The summed E-state index contributed by atoms with van der Waals surface area (Å²) in [6, 6.07) is 1.83. The number of carbonyl (C=O) groups is 1. The van der Waals surface area contributed by atoms with Crippen LogP contribution < -0.4 is 5.56 Å². The number of halogens is 4. The number of hydrogen-bond acceptors (Lipinski definition) is 5. The topological polar surface area (TPSA) is 72.0 Å². The molecule has 3 rings (SSSR count). The molecule has 0 bridgehead atoms. The smallest absolute Gasteiger partial charge is 0.419 e. The van der Waals surface area contributed by atoms with Gasteiger partial charge in [0.2, 0.25) is 0 Å². The van der Waals surface area contributed by atoms with Crippen LogP contribution in [0.25, 0.3) is 10.2 Å². The minimum atomic E-state index is -4.95. The van der Waals surface area contributed by atoms with E-state index in [4.69, 9.17) is 4.74 Å². The summed E-state index contributed by atoms with van der Waals surface area (Å²) in [5.41, 5.74) is -1.62. The number of benzene rings is 1. The van der Waals surface area contributed by atoms with Gasteiger partial charge in [0.25, 0.3) is 5.56 Å². The van der Waals surface area contributed by atoms with E-state index >= 15 is 0 Å². The SMILES string of the molecule is Cc1sc2nc([C@@H](C)OC(=O)c3ccc(F)c(C(F)(F)F)c3)[nH]c(=O)c2c1C. The first-order valence-electron chi connectivity index (χ1n) is 8.06. The van der Waals surface area contributed by atoms with Crippen molar-refractivity contribution in [1.29, 1.82) is 0 Å². The van der Waals surface area contributed by atoms with Crippen LogP contribution in [0.4, 0.5) is 17.6 Å². The summed E-state index contributed by atoms with van der Waals surface area (Å²) in [5, 5.41) is 0.443. The third-order valence-electron chi connectivity index (χ3n) is 4.23. The molecule has 1 N–H and O–H groups in total. The molecule has 0 saturated carbocycles. The number of H-pyrrole nitrogens is 1. The lowest BCUT2D eigenvalue weighted by Crippen LogP contribution is -2.18. The summed E-state index contributed by atoms with van der Waals surface area (Å²) in [6.45, 7) is 5.06. The van der Waals surface area contributed by atoms with Crippen molar-refractivity contribution in [1.82, 2.24) is 9.97 Å². The number of carbonyl (C=O) groups excluding carboxylic acids is 1. The molecule has 0 fully saturated rings. The summed E-state index contributed by atoms with van der Waals surface area (Å²) < 4.78 is 56.9. The molecule has 0 unspecified atom stereocenters.